The summed E-state index contributed by atoms with van der Waals surface area (Å²) in [5.41, 5.74) is 0.884. The zero-order valence-electron chi connectivity index (χ0n) is 12.9. The van der Waals surface area contributed by atoms with E-state index in [1.165, 1.54) is 6.26 Å². The smallest absolute Gasteiger partial charge is 0.199 e. The highest BCUT2D eigenvalue weighted by Gasteiger charge is 2.28. The lowest BCUT2D eigenvalue weighted by Crippen LogP contribution is -2.48. The van der Waals surface area contributed by atoms with E-state index in [0.717, 1.165) is 5.56 Å². The van der Waals surface area contributed by atoms with Crippen LogP contribution in [0.4, 0.5) is 0 Å². The van der Waals surface area contributed by atoms with Gasteiger partial charge in [-0.1, -0.05) is 30.3 Å². The molecule has 1 saturated heterocycles. The molecule has 2 heterocycles. The Morgan fingerprint density at radius 3 is 2.83 bits per heavy atom. The minimum absolute atomic E-state index is 0.0373. The second-order valence-electron chi connectivity index (χ2n) is 5.75. The van der Waals surface area contributed by atoms with Gasteiger partial charge in [0.05, 0.1) is 25.6 Å². The zero-order chi connectivity index (χ0) is 16.1. The molecule has 3 rings (SSSR count). The van der Waals surface area contributed by atoms with Crippen LogP contribution in [0.3, 0.4) is 0 Å². The number of ketones is 1. The first kappa shape index (κ1) is 15.9. The number of nitrogens with zero attached hydrogens (tertiary/aromatic N) is 1. The summed E-state index contributed by atoms with van der Waals surface area (Å²) in [5, 5.41) is 10.4. The maximum absolute atomic E-state index is 12.2. The Morgan fingerprint density at radius 1 is 1.26 bits per heavy atom. The van der Waals surface area contributed by atoms with Crippen molar-refractivity contribution in [2.75, 3.05) is 26.3 Å². The first-order chi connectivity index (χ1) is 11.2. The molecule has 0 amide bonds. The quantitative estimate of drug-likeness (QED) is 0.829. The molecule has 5 heteroatoms. The number of aliphatic hydroxyl groups excluding tert-OH is 1. The number of aliphatic hydroxyl groups is 1. The summed E-state index contributed by atoms with van der Waals surface area (Å²) >= 11 is 0. The number of carbonyl (C=O) groups is 1. The third-order valence-corrected chi connectivity index (χ3v) is 4.16. The Morgan fingerprint density at radius 2 is 2.09 bits per heavy atom. The molecule has 23 heavy (non-hydrogen) atoms. The summed E-state index contributed by atoms with van der Waals surface area (Å²) in [5.74, 6) is 0.337. The largest absolute Gasteiger partial charge is 0.461 e. The summed E-state index contributed by atoms with van der Waals surface area (Å²) < 4.78 is 10.7. The van der Waals surface area contributed by atoms with Gasteiger partial charge in [0.15, 0.2) is 11.5 Å². The SMILES string of the molecule is O=C(CC1COCCN1CC(O)c1ccccc1)c1ccco1. The molecule has 0 saturated carbocycles. The van der Waals surface area contributed by atoms with E-state index in [0.29, 0.717) is 38.5 Å². The van der Waals surface area contributed by atoms with Crippen molar-refractivity contribution in [3.05, 3.63) is 60.1 Å². The van der Waals surface area contributed by atoms with Gasteiger partial charge in [-0.2, -0.15) is 0 Å². The molecule has 2 unspecified atom stereocenters. The first-order valence-electron chi connectivity index (χ1n) is 7.85. The molecule has 1 N–H and O–H groups in total. The van der Waals surface area contributed by atoms with E-state index in [-0.39, 0.29) is 11.8 Å². The molecule has 5 nitrogen and oxygen atoms in total. The Labute approximate surface area is 135 Å². The average molecular weight is 315 g/mol. The van der Waals surface area contributed by atoms with Crippen LogP contribution in [0, 0.1) is 0 Å². The number of Topliss-reactive ketones (excluding diaryl/α,β-unsaturated/α-hetero) is 1. The van der Waals surface area contributed by atoms with Gasteiger partial charge in [0, 0.05) is 25.6 Å². The zero-order valence-corrected chi connectivity index (χ0v) is 12.9. The van der Waals surface area contributed by atoms with Gasteiger partial charge in [0.2, 0.25) is 0 Å². The van der Waals surface area contributed by atoms with Crippen molar-refractivity contribution in [2.45, 2.75) is 18.6 Å². The third-order valence-electron chi connectivity index (χ3n) is 4.16. The Balaban J connectivity index is 1.63. The Kier molecular flexibility index (Phi) is 5.23. The standard InChI is InChI=1S/C18H21NO4/c20-16(18-7-4-9-23-18)11-15-13-22-10-8-19(15)12-17(21)14-5-2-1-3-6-14/h1-7,9,15,17,21H,8,10-13H2. The summed E-state index contributed by atoms with van der Waals surface area (Å²) in [4.78, 5) is 14.4. The third kappa shape index (κ3) is 4.07. The first-order valence-corrected chi connectivity index (χ1v) is 7.85. The molecule has 0 aliphatic carbocycles. The van der Waals surface area contributed by atoms with Crippen molar-refractivity contribution in [3.8, 4) is 0 Å². The Bertz CT molecular complexity index is 611. The summed E-state index contributed by atoms with van der Waals surface area (Å²) in [6, 6.07) is 12.9. The second kappa shape index (κ2) is 7.55. The van der Waals surface area contributed by atoms with E-state index in [9.17, 15) is 9.90 Å². The van der Waals surface area contributed by atoms with Gasteiger partial charge in [-0.25, -0.2) is 0 Å². The lowest BCUT2D eigenvalue weighted by atomic mass is 10.0. The van der Waals surface area contributed by atoms with Crippen LogP contribution in [0.15, 0.2) is 53.1 Å². The molecule has 2 aromatic rings. The van der Waals surface area contributed by atoms with Crippen LogP contribution >= 0.6 is 0 Å². The van der Waals surface area contributed by atoms with Gasteiger partial charge in [-0.3, -0.25) is 9.69 Å². The predicted octanol–water partition coefficient (Wildman–Crippen LogP) is 2.29. The number of rotatable bonds is 6. The monoisotopic (exact) mass is 315 g/mol. The minimum Gasteiger partial charge on any atom is -0.461 e. The lowest BCUT2D eigenvalue weighted by Gasteiger charge is -2.36. The highest BCUT2D eigenvalue weighted by molar-refractivity contribution is 5.93. The van der Waals surface area contributed by atoms with E-state index in [4.69, 9.17) is 9.15 Å². The average Bonchev–Trinajstić information content (AvgIpc) is 3.12. The molecule has 122 valence electrons. The van der Waals surface area contributed by atoms with Crippen molar-refractivity contribution in [1.82, 2.24) is 4.90 Å². The van der Waals surface area contributed by atoms with E-state index in [1.807, 2.05) is 30.3 Å². The van der Waals surface area contributed by atoms with Gasteiger partial charge < -0.3 is 14.3 Å². The maximum Gasteiger partial charge on any atom is 0.199 e. The predicted molar refractivity (Wildman–Crippen MR) is 85.2 cm³/mol. The molecule has 1 aromatic carbocycles. The van der Waals surface area contributed by atoms with Crippen molar-refractivity contribution in [1.29, 1.82) is 0 Å². The van der Waals surface area contributed by atoms with Crippen LogP contribution in [0.1, 0.15) is 28.6 Å². The highest BCUT2D eigenvalue weighted by Crippen LogP contribution is 2.20. The van der Waals surface area contributed by atoms with Crippen LogP contribution in [0.2, 0.25) is 0 Å². The van der Waals surface area contributed by atoms with Gasteiger partial charge in [0.25, 0.3) is 0 Å². The number of hydrogen-bond acceptors (Lipinski definition) is 5. The van der Waals surface area contributed by atoms with Crippen molar-refractivity contribution in [2.24, 2.45) is 0 Å². The summed E-state index contributed by atoms with van der Waals surface area (Å²) in [7, 11) is 0. The van der Waals surface area contributed by atoms with Crippen LogP contribution in [-0.2, 0) is 4.74 Å². The molecular formula is C18H21NO4. The second-order valence-corrected chi connectivity index (χ2v) is 5.75. The number of β-amino-alcohol motifs (C(OH)–C–C–N with tert-alkyl or cyclic N) is 1. The van der Waals surface area contributed by atoms with E-state index in [2.05, 4.69) is 4.90 Å². The van der Waals surface area contributed by atoms with Crippen LogP contribution in [0.5, 0.6) is 0 Å². The Hall–Kier alpha value is -1.95. The van der Waals surface area contributed by atoms with E-state index >= 15 is 0 Å². The molecule has 1 aromatic heterocycles. The van der Waals surface area contributed by atoms with E-state index in [1.54, 1.807) is 12.1 Å². The fourth-order valence-corrected chi connectivity index (χ4v) is 2.87. The summed E-state index contributed by atoms with van der Waals surface area (Å²) in [6.07, 6.45) is 1.26. The molecule has 1 aliphatic heterocycles. The van der Waals surface area contributed by atoms with Gasteiger partial charge >= 0.3 is 0 Å². The topological polar surface area (TPSA) is 62.9 Å². The molecular weight excluding hydrogens is 294 g/mol. The fraction of sp³-hybridized carbons (Fsp3) is 0.389. The number of ether oxygens (including phenoxy) is 1. The normalized spacial score (nSPS) is 20.3. The maximum atomic E-state index is 12.2. The number of carbonyl (C=O) groups excluding carboxylic acids is 1. The fourth-order valence-electron chi connectivity index (χ4n) is 2.87. The minimum atomic E-state index is -0.574. The van der Waals surface area contributed by atoms with Gasteiger partial charge in [-0.15, -0.1) is 0 Å². The van der Waals surface area contributed by atoms with E-state index < -0.39 is 6.10 Å². The van der Waals surface area contributed by atoms with Gasteiger partial charge in [0.1, 0.15) is 0 Å². The van der Waals surface area contributed by atoms with Crippen LogP contribution < -0.4 is 0 Å². The lowest BCUT2D eigenvalue weighted by molar-refractivity contribution is -0.0274. The van der Waals surface area contributed by atoms with Crippen LogP contribution in [0.25, 0.3) is 0 Å². The molecule has 0 radical (unpaired) electrons. The molecule has 0 spiro atoms. The number of furan rings is 1. The van der Waals surface area contributed by atoms with Crippen molar-refractivity contribution < 1.29 is 19.1 Å². The van der Waals surface area contributed by atoms with Crippen molar-refractivity contribution >= 4 is 5.78 Å². The van der Waals surface area contributed by atoms with Crippen molar-refractivity contribution in [3.63, 3.8) is 0 Å². The number of hydrogen-bond donors (Lipinski definition) is 1. The number of benzene rings is 1. The van der Waals surface area contributed by atoms with Crippen LogP contribution in [-0.4, -0.2) is 48.1 Å². The molecule has 1 fully saturated rings. The molecule has 0 bridgehead atoms. The molecule has 2 atom stereocenters. The molecule has 1 aliphatic rings. The highest BCUT2D eigenvalue weighted by atomic mass is 16.5. The summed E-state index contributed by atoms with van der Waals surface area (Å²) in [6.45, 7) is 2.31. The number of morpholine rings is 1. The van der Waals surface area contributed by atoms with Gasteiger partial charge in [-0.05, 0) is 17.7 Å².